The van der Waals surface area contributed by atoms with E-state index < -0.39 is 5.83 Å². The van der Waals surface area contributed by atoms with E-state index in [4.69, 9.17) is 9.63 Å². The number of allylic oxidation sites excluding steroid dienone is 1. The minimum absolute atomic E-state index is 0.0929. The first-order valence-corrected chi connectivity index (χ1v) is 4.78. The molecule has 1 aromatic heterocycles. The van der Waals surface area contributed by atoms with E-state index in [0.717, 1.165) is 16.8 Å². The van der Waals surface area contributed by atoms with Gasteiger partial charge in [-0.1, -0.05) is 29.4 Å². The fourth-order valence-corrected chi connectivity index (χ4v) is 1.40. The summed E-state index contributed by atoms with van der Waals surface area (Å²) in [5.41, 5.74) is 2.44. The number of aliphatic hydroxyl groups is 1. The van der Waals surface area contributed by atoms with Gasteiger partial charge in [-0.15, -0.1) is 0 Å². The maximum absolute atomic E-state index is 12.8. The summed E-state index contributed by atoms with van der Waals surface area (Å²) in [6, 6.07) is 8.99. The molecule has 82 valence electrons. The molecule has 0 radical (unpaired) electrons. The molecular weight excluding hydrogens is 209 g/mol. The second kappa shape index (κ2) is 4.61. The SMILES string of the molecule is O/C=C(\F)Cc1ccc(-c2ccon2)cc1. The van der Waals surface area contributed by atoms with Gasteiger partial charge in [-0.3, -0.25) is 0 Å². The maximum Gasteiger partial charge on any atom is 0.138 e. The van der Waals surface area contributed by atoms with Crippen LogP contribution in [0.2, 0.25) is 0 Å². The third kappa shape index (κ3) is 2.28. The Bertz CT molecular complexity index is 474. The standard InChI is InChI=1S/C12H10FNO2/c13-11(8-15)7-9-1-3-10(4-2-9)12-5-6-16-14-12/h1-6,8,15H,7H2/b11-8-. The topological polar surface area (TPSA) is 46.3 Å². The van der Waals surface area contributed by atoms with Crippen LogP contribution in [0.5, 0.6) is 0 Å². The summed E-state index contributed by atoms with van der Waals surface area (Å²) in [4.78, 5) is 0. The highest BCUT2D eigenvalue weighted by Gasteiger charge is 2.02. The van der Waals surface area contributed by atoms with Crippen molar-refractivity contribution in [1.29, 1.82) is 0 Å². The second-order valence-corrected chi connectivity index (χ2v) is 3.33. The van der Waals surface area contributed by atoms with Crippen molar-refractivity contribution >= 4 is 0 Å². The maximum atomic E-state index is 12.8. The van der Waals surface area contributed by atoms with E-state index in [9.17, 15) is 4.39 Å². The first-order chi connectivity index (χ1) is 7.79. The van der Waals surface area contributed by atoms with Gasteiger partial charge in [0.15, 0.2) is 0 Å². The summed E-state index contributed by atoms with van der Waals surface area (Å²) in [6.45, 7) is 0. The van der Waals surface area contributed by atoms with E-state index in [0.29, 0.717) is 6.26 Å². The van der Waals surface area contributed by atoms with E-state index in [2.05, 4.69) is 5.16 Å². The summed E-state index contributed by atoms with van der Waals surface area (Å²) in [7, 11) is 0. The molecule has 2 rings (SSSR count). The van der Waals surface area contributed by atoms with Crippen molar-refractivity contribution in [2.24, 2.45) is 0 Å². The molecule has 1 heterocycles. The van der Waals surface area contributed by atoms with Crippen LogP contribution in [-0.4, -0.2) is 10.3 Å². The molecule has 2 aromatic rings. The van der Waals surface area contributed by atoms with Crippen molar-refractivity contribution in [1.82, 2.24) is 5.16 Å². The largest absolute Gasteiger partial charge is 0.513 e. The van der Waals surface area contributed by atoms with E-state index in [1.165, 1.54) is 6.26 Å². The Kier molecular flexibility index (Phi) is 3.00. The van der Waals surface area contributed by atoms with Crippen molar-refractivity contribution in [3.8, 4) is 11.3 Å². The molecule has 3 nitrogen and oxygen atoms in total. The Morgan fingerprint density at radius 1 is 1.31 bits per heavy atom. The molecular formula is C12H10FNO2. The predicted octanol–water partition coefficient (Wildman–Crippen LogP) is 3.25. The Balaban J connectivity index is 2.17. The summed E-state index contributed by atoms with van der Waals surface area (Å²) < 4.78 is 17.5. The van der Waals surface area contributed by atoms with E-state index in [1.54, 1.807) is 18.2 Å². The average molecular weight is 219 g/mol. The first-order valence-electron chi connectivity index (χ1n) is 4.78. The van der Waals surface area contributed by atoms with Gasteiger partial charge >= 0.3 is 0 Å². The third-order valence-corrected chi connectivity index (χ3v) is 2.20. The smallest absolute Gasteiger partial charge is 0.138 e. The second-order valence-electron chi connectivity index (χ2n) is 3.33. The fourth-order valence-electron chi connectivity index (χ4n) is 1.40. The quantitative estimate of drug-likeness (QED) is 0.806. The molecule has 4 heteroatoms. The molecule has 0 aliphatic heterocycles. The lowest BCUT2D eigenvalue weighted by Gasteiger charge is -2.00. The molecule has 16 heavy (non-hydrogen) atoms. The normalized spacial score (nSPS) is 11.7. The van der Waals surface area contributed by atoms with Gasteiger partial charge in [0.2, 0.25) is 0 Å². The molecule has 0 amide bonds. The number of aliphatic hydroxyl groups excluding tert-OH is 1. The highest BCUT2D eigenvalue weighted by molar-refractivity contribution is 5.58. The van der Waals surface area contributed by atoms with Gasteiger partial charge in [-0.05, 0) is 5.56 Å². The molecule has 0 spiro atoms. The van der Waals surface area contributed by atoms with Crippen molar-refractivity contribution in [3.05, 3.63) is 54.2 Å². The van der Waals surface area contributed by atoms with Crippen LogP contribution in [0, 0.1) is 0 Å². The molecule has 0 unspecified atom stereocenters. The van der Waals surface area contributed by atoms with Crippen LogP contribution in [-0.2, 0) is 6.42 Å². The monoisotopic (exact) mass is 219 g/mol. The number of nitrogens with zero attached hydrogens (tertiary/aromatic N) is 1. The van der Waals surface area contributed by atoms with Gasteiger partial charge in [0.05, 0.1) is 0 Å². The molecule has 0 saturated heterocycles. The third-order valence-electron chi connectivity index (χ3n) is 2.20. The zero-order chi connectivity index (χ0) is 11.4. The highest BCUT2D eigenvalue weighted by atomic mass is 19.1. The minimum Gasteiger partial charge on any atom is -0.513 e. The van der Waals surface area contributed by atoms with Crippen LogP contribution >= 0.6 is 0 Å². The summed E-state index contributed by atoms with van der Waals surface area (Å²) in [5.74, 6) is -0.561. The van der Waals surface area contributed by atoms with Crippen LogP contribution in [0.4, 0.5) is 4.39 Å². The number of halogens is 1. The van der Waals surface area contributed by atoms with Gasteiger partial charge < -0.3 is 9.63 Å². The van der Waals surface area contributed by atoms with Crippen LogP contribution in [0.25, 0.3) is 11.3 Å². The van der Waals surface area contributed by atoms with Gasteiger partial charge in [-0.25, -0.2) is 4.39 Å². The predicted molar refractivity (Wildman–Crippen MR) is 57.5 cm³/mol. The number of hydrogen-bond donors (Lipinski definition) is 1. The number of benzene rings is 1. The highest BCUT2D eigenvalue weighted by Crippen LogP contribution is 2.18. The van der Waals surface area contributed by atoms with Crippen molar-refractivity contribution in [2.45, 2.75) is 6.42 Å². The molecule has 0 bridgehead atoms. The van der Waals surface area contributed by atoms with Crippen molar-refractivity contribution in [3.63, 3.8) is 0 Å². The number of rotatable bonds is 3. The van der Waals surface area contributed by atoms with Gasteiger partial charge in [0.1, 0.15) is 24.0 Å². The lowest BCUT2D eigenvalue weighted by molar-refractivity contribution is 0.422. The molecule has 0 aliphatic carbocycles. The van der Waals surface area contributed by atoms with Crippen molar-refractivity contribution in [2.75, 3.05) is 0 Å². The summed E-state index contributed by atoms with van der Waals surface area (Å²) >= 11 is 0. The Hall–Kier alpha value is -2.10. The van der Waals surface area contributed by atoms with E-state index >= 15 is 0 Å². The van der Waals surface area contributed by atoms with Crippen LogP contribution in [0.3, 0.4) is 0 Å². The lowest BCUT2D eigenvalue weighted by atomic mass is 10.1. The molecule has 0 aliphatic rings. The molecule has 0 saturated carbocycles. The molecule has 0 atom stereocenters. The summed E-state index contributed by atoms with van der Waals surface area (Å²) in [6.07, 6.45) is 2.07. The zero-order valence-corrected chi connectivity index (χ0v) is 8.43. The molecule has 1 aromatic carbocycles. The first kappa shape index (κ1) is 10.4. The van der Waals surface area contributed by atoms with Crippen LogP contribution in [0.15, 0.2) is 53.2 Å². The van der Waals surface area contributed by atoms with E-state index in [1.807, 2.05) is 12.1 Å². The van der Waals surface area contributed by atoms with Crippen molar-refractivity contribution < 1.29 is 14.0 Å². The fraction of sp³-hybridized carbons (Fsp3) is 0.0833. The Labute approximate surface area is 91.8 Å². The Morgan fingerprint density at radius 3 is 2.62 bits per heavy atom. The minimum atomic E-state index is -0.561. The zero-order valence-electron chi connectivity index (χ0n) is 8.43. The Morgan fingerprint density at radius 2 is 2.06 bits per heavy atom. The van der Waals surface area contributed by atoms with E-state index in [-0.39, 0.29) is 6.42 Å². The van der Waals surface area contributed by atoms with Gasteiger partial charge in [0, 0.05) is 18.1 Å². The summed E-state index contributed by atoms with van der Waals surface area (Å²) in [5, 5.41) is 12.2. The average Bonchev–Trinajstić information content (AvgIpc) is 2.83. The number of hydrogen-bond acceptors (Lipinski definition) is 3. The van der Waals surface area contributed by atoms with Gasteiger partial charge in [-0.2, -0.15) is 0 Å². The van der Waals surface area contributed by atoms with Crippen LogP contribution in [0.1, 0.15) is 5.56 Å². The molecule has 0 fully saturated rings. The molecule has 1 N–H and O–H groups in total. The van der Waals surface area contributed by atoms with Gasteiger partial charge in [0.25, 0.3) is 0 Å². The number of aromatic nitrogens is 1. The van der Waals surface area contributed by atoms with Crippen LogP contribution < -0.4 is 0 Å². The lowest BCUT2D eigenvalue weighted by Crippen LogP contribution is -1.86.